The first-order valence-electron chi connectivity index (χ1n) is 6.67. The smallest absolute Gasteiger partial charge is 0.329 e. The number of likely N-dealkylation sites (tertiary alicyclic amines) is 1. The summed E-state index contributed by atoms with van der Waals surface area (Å²) in [5.74, 6) is -0.944. The summed E-state index contributed by atoms with van der Waals surface area (Å²) >= 11 is 0. The van der Waals surface area contributed by atoms with E-state index in [4.69, 9.17) is 15.6 Å². The quantitative estimate of drug-likeness (QED) is 0.702. The van der Waals surface area contributed by atoms with Gasteiger partial charge in [0.25, 0.3) is 0 Å². The van der Waals surface area contributed by atoms with Gasteiger partial charge in [0.05, 0.1) is 18.5 Å². The Morgan fingerprint density at radius 3 is 2.26 bits per heavy atom. The van der Waals surface area contributed by atoms with Crippen molar-refractivity contribution in [2.75, 3.05) is 26.2 Å². The van der Waals surface area contributed by atoms with E-state index in [-0.39, 0.29) is 12.5 Å². The summed E-state index contributed by atoms with van der Waals surface area (Å²) in [7, 11) is 0. The van der Waals surface area contributed by atoms with Crippen molar-refractivity contribution in [1.29, 1.82) is 0 Å². The van der Waals surface area contributed by atoms with Crippen LogP contribution in [-0.4, -0.2) is 53.7 Å². The molecule has 1 heterocycles. The van der Waals surface area contributed by atoms with Crippen molar-refractivity contribution in [1.82, 2.24) is 4.90 Å². The third kappa shape index (κ3) is 3.25. The van der Waals surface area contributed by atoms with Crippen LogP contribution in [0.1, 0.15) is 33.6 Å². The minimum absolute atomic E-state index is 0.0522. The van der Waals surface area contributed by atoms with Gasteiger partial charge in [0.15, 0.2) is 0 Å². The van der Waals surface area contributed by atoms with E-state index in [0.717, 1.165) is 0 Å². The number of hydrogen-bond acceptors (Lipinski definition) is 4. The fourth-order valence-electron chi connectivity index (χ4n) is 2.50. The van der Waals surface area contributed by atoms with E-state index in [9.17, 15) is 9.59 Å². The molecule has 110 valence electrons. The van der Waals surface area contributed by atoms with Crippen LogP contribution < -0.4 is 5.73 Å². The van der Waals surface area contributed by atoms with Crippen LogP contribution in [0.3, 0.4) is 0 Å². The number of carboxylic acids is 1. The number of rotatable bonds is 7. The SMILES string of the molecule is CCC(CC)(CN)C(=O)N1CC(C)(OCC(=O)O)C1. The lowest BCUT2D eigenvalue weighted by molar-refractivity contribution is -0.179. The number of nitrogens with two attached hydrogens (primary N) is 1. The molecule has 1 fully saturated rings. The standard InChI is InChI=1S/C13H24N2O4/c1-4-13(5-2,7-14)11(18)15-8-12(3,9-15)19-6-10(16)17/h4-9,14H2,1-3H3,(H,16,17). The van der Waals surface area contributed by atoms with Crippen molar-refractivity contribution in [2.24, 2.45) is 11.1 Å². The molecule has 0 saturated carbocycles. The Morgan fingerprint density at radius 2 is 1.89 bits per heavy atom. The van der Waals surface area contributed by atoms with Gasteiger partial charge < -0.3 is 20.5 Å². The van der Waals surface area contributed by atoms with Crippen molar-refractivity contribution in [2.45, 2.75) is 39.2 Å². The molecule has 0 aromatic rings. The molecule has 0 unspecified atom stereocenters. The van der Waals surface area contributed by atoms with Crippen LogP contribution in [0.15, 0.2) is 0 Å². The predicted molar refractivity (Wildman–Crippen MR) is 70.6 cm³/mol. The molecule has 1 amide bonds. The average molecular weight is 272 g/mol. The highest BCUT2D eigenvalue weighted by atomic mass is 16.5. The number of carbonyl (C=O) groups excluding carboxylic acids is 1. The van der Waals surface area contributed by atoms with Crippen molar-refractivity contribution in [3.05, 3.63) is 0 Å². The zero-order valence-electron chi connectivity index (χ0n) is 11.9. The van der Waals surface area contributed by atoms with E-state index < -0.39 is 17.0 Å². The summed E-state index contributed by atoms with van der Waals surface area (Å²) in [5, 5.41) is 8.59. The van der Waals surface area contributed by atoms with E-state index in [0.29, 0.717) is 32.5 Å². The zero-order chi connectivity index (χ0) is 14.7. The molecule has 0 aliphatic carbocycles. The van der Waals surface area contributed by atoms with Crippen LogP contribution in [0.2, 0.25) is 0 Å². The number of carboxylic acid groups (broad SMARTS) is 1. The number of aliphatic carboxylic acids is 1. The molecule has 1 aliphatic heterocycles. The Labute approximate surface area is 113 Å². The summed E-state index contributed by atoms with van der Waals surface area (Å²) in [6.07, 6.45) is 1.42. The van der Waals surface area contributed by atoms with Gasteiger partial charge in [0.2, 0.25) is 5.91 Å². The van der Waals surface area contributed by atoms with Gasteiger partial charge in [-0.1, -0.05) is 13.8 Å². The van der Waals surface area contributed by atoms with Gasteiger partial charge >= 0.3 is 5.97 Å². The van der Waals surface area contributed by atoms with Crippen LogP contribution in [0.5, 0.6) is 0 Å². The second-order valence-corrected chi connectivity index (χ2v) is 5.49. The largest absolute Gasteiger partial charge is 0.480 e. The fraction of sp³-hybridized carbons (Fsp3) is 0.846. The third-order valence-corrected chi connectivity index (χ3v) is 4.08. The van der Waals surface area contributed by atoms with Gasteiger partial charge in [-0.25, -0.2) is 4.79 Å². The van der Waals surface area contributed by atoms with Crippen LogP contribution in [0.25, 0.3) is 0 Å². The second-order valence-electron chi connectivity index (χ2n) is 5.49. The molecule has 1 rings (SSSR count). The highest BCUT2D eigenvalue weighted by molar-refractivity contribution is 5.84. The molecule has 3 N–H and O–H groups in total. The van der Waals surface area contributed by atoms with Crippen LogP contribution in [0.4, 0.5) is 0 Å². The number of amides is 1. The molecule has 0 atom stereocenters. The summed E-state index contributed by atoms with van der Waals surface area (Å²) < 4.78 is 5.30. The van der Waals surface area contributed by atoms with Crippen molar-refractivity contribution < 1.29 is 19.4 Å². The average Bonchev–Trinajstić information content (AvgIpc) is 2.35. The Hall–Kier alpha value is -1.14. The topological polar surface area (TPSA) is 92.9 Å². The van der Waals surface area contributed by atoms with E-state index in [1.807, 2.05) is 20.8 Å². The molecule has 19 heavy (non-hydrogen) atoms. The fourth-order valence-corrected chi connectivity index (χ4v) is 2.50. The zero-order valence-corrected chi connectivity index (χ0v) is 11.9. The molecule has 6 heteroatoms. The Morgan fingerprint density at radius 1 is 1.37 bits per heavy atom. The first kappa shape index (κ1) is 15.9. The van der Waals surface area contributed by atoms with Gasteiger partial charge in [-0.05, 0) is 19.8 Å². The Balaban J connectivity index is 2.57. The van der Waals surface area contributed by atoms with E-state index in [1.165, 1.54) is 0 Å². The highest BCUT2D eigenvalue weighted by Crippen LogP contribution is 2.33. The third-order valence-electron chi connectivity index (χ3n) is 4.08. The first-order valence-corrected chi connectivity index (χ1v) is 6.67. The molecule has 0 bridgehead atoms. The highest BCUT2D eigenvalue weighted by Gasteiger charge is 2.47. The molecule has 0 spiro atoms. The van der Waals surface area contributed by atoms with E-state index in [1.54, 1.807) is 4.90 Å². The maximum absolute atomic E-state index is 12.4. The molecule has 0 aromatic heterocycles. The number of ether oxygens (including phenoxy) is 1. The molecule has 0 radical (unpaired) electrons. The van der Waals surface area contributed by atoms with Gasteiger partial charge in [-0.2, -0.15) is 0 Å². The number of nitrogens with zero attached hydrogens (tertiary/aromatic N) is 1. The van der Waals surface area contributed by atoms with Gasteiger partial charge in [0, 0.05) is 6.54 Å². The summed E-state index contributed by atoms with van der Waals surface area (Å²) in [6.45, 7) is 6.62. The van der Waals surface area contributed by atoms with Crippen LogP contribution in [0, 0.1) is 5.41 Å². The predicted octanol–water partition coefficient (Wildman–Crippen LogP) is 0.454. The second kappa shape index (κ2) is 5.88. The molecular weight excluding hydrogens is 248 g/mol. The summed E-state index contributed by atoms with van der Waals surface area (Å²) in [4.78, 5) is 24.6. The molecule has 0 aromatic carbocycles. The van der Waals surface area contributed by atoms with Crippen molar-refractivity contribution >= 4 is 11.9 Å². The van der Waals surface area contributed by atoms with Crippen LogP contribution >= 0.6 is 0 Å². The lowest BCUT2D eigenvalue weighted by atomic mass is 9.79. The lowest BCUT2D eigenvalue weighted by Crippen LogP contribution is -2.66. The molecule has 1 aliphatic rings. The minimum atomic E-state index is -0.996. The van der Waals surface area contributed by atoms with E-state index >= 15 is 0 Å². The monoisotopic (exact) mass is 272 g/mol. The molecular formula is C13H24N2O4. The number of carbonyl (C=O) groups is 2. The van der Waals surface area contributed by atoms with Crippen molar-refractivity contribution in [3.63, 3.8) is 0 Å². The maximum Gasteiger partial charge on any atom is 0.329 e. The Bertz CT molecular complexity index is 338. The minimum Gasteiger partial charge on any atom is -0.480 e. The van der Waals surface area contributed by atoms with Gasteiger partial charge in [-0.15, -0.1) is 0 Å². The Kier molecular flexibility index (Phi) is 4.92. The van der Waals surface area contributed by atoms with Gasteiger partial charge in [0.1, 0.15) is 12.2 Å². The van der Waals surface area contributed by atoms with Crippen LogP contribution in [-0.2, 0) is 14.3 Å². The van der Waals surface area contributed by atoms with Gasteiger partial charge in [-0.3, -0.25) is 4.79 Å². The molecule has 6 nitrogen and oxygen atoms in total. The maximum atomic E-state index is 12.4. The van der Waals surface area contributed by atoms with E-state index in [2.05, 4.69) is 0 Å². The van der Waals surface area contributed by atoms with Crippen molar-refractivity contribution in [3.8, 4) is 0 Å². The molecule has 1 saturated heterocycles. The summed E-state index contributed by atoms with van der Waals surface area (Å²) in [5.41, 5.74) is 4.72. The normalized spacial score (nSPS) is 18.0. The summed E-state index contributed by atoms with van der Waals surface area (Å²) in [6, 6.07) is 0. The number of hydrogen-bond donors (Lipinski definition) is 2. The lowest BCUT2D eigenvalue weighted by Gasteiger charge is -2.50. The first-order chi connectivity index (χ1) is 8.82.